The van der Waals surface area contributed by atoms with Crippen molar-refractivity contribution < 1.29 is 9.59 Å². The molecule has 1 aliphatic heterocycles. The average Bonchev–Trinajstić information content (AvgIpc) is 3.28. The predicted molar refractivity (Wildman–Crippen MR) is 108 cm³/mol. The van der Waals surface area contributed by atoms with Crippen molar-refractivity contribution in [2.45, 2.75) is 32.2 Å². The molecule has 6 heteroatoms. The van der Waals surface area contributed by atoms with Crippen LogP contribution in [0.3, 0.4) is 0 Å². The van der Waals surface area contributed by atoms with Crippen molar-refractivity contribution in [1.29, 1.82) is 0 Å². The Morgan fingerprint density at radius 1 is 1.22 bits per heavy atom. The van der Waals surface area contributed by atoms with E-state index in [2.05, 4.69) is 10.3 Å². The number of aromatic nitrogens is 1. The van der Waals surface area contributed by atoms with Crippen molar-refractivity contribution >= 4 is 38.5 Å². The summed E-state index contributed by atoms with van der Waals surface area (Å²) in [6, 6.07) is 15.3. The Bertz CT molecular complexity index is 965. The summed E-state index contributed by atoms with van der Waals surface area (Å²) < 4.78 is 1.03. The van der Waals surface area contributed by atoms with E-state index in [0.29, 0.717) is 24.5 Å². The molecule has 2 heterocycles. The Morgan fingerprint density at radius 2 is 2.07 bits per heavy atom. The van der Waals surface area contributed by atoms with E-state index in [-0.39, 0.29) is 11.8 Å². The lowest BCUT2D eigenvalue weighted by Crippen LogP contribution is -2.43. The van der Waals surface area contributed by atoms with Crippen LogP contribution in [0.15, 0.2) is 48.5 Å². The fourth-order valence-electron chi connectivity index (χ4n) is 3.55. The number of hydrogen-bond acceptors (Lipinski definition) is 4. The molecule has 5 nitrogen and oxygen atoms in total. The molecule has 1 atom stereocenters. The highest BCUT2D eigenvalue weighted by Gasteiger charge is 2.34. The third-order valence-electron chi connectivity index (χ3n) is 4.84. The van der Waals surface area contributed by atoms with Gasteiger partial charge in [0.1, 0.15) is 6.04 Å². The third-order valence-corrected chi connectivity index (χ3v) is 5.79. The number of nitrogens with one attached hydrogen (secondary N) is 1. The van der Waals surface area contributed by atoms with Gasteiger partial charge in [-0.2, -0.15) is 0 Å². The lowest BCUT2D eigenvalue weighted by atomic mass is 10.1. The number of rotatable bonds is 4. The minimum Gasteiger partial charge on any atom is -0.330 e. The Kier molecular flexibility index (Phi) is 4.90. The maximum Gasteiger partial charge on any atom is 0.248 e. The molecule has 0 bridgehead atoms. The number of thiazole rings is 1. The summed E-state index contributed by atoms with van der Waals surface area (Å²) in [5.41, 5.74) is 2.99. The van der Waals surface area contributed by atoms with E-state index in [4.69, 9.17) is 0 Å². The van der Waals surface area contributed by atoms with E-state index < -0.39 is 6.04 Å². The first-order valence-corrected chi connectivity index (χ1v) is 9.93. The summed E-state index contributed by atoms with van der Waals surface area (Å²) in [5.74, 6) is -0.147. The molecule has 2 aromatic carbocycles. The van der Waals surface area contributed by atoms with Crippen molar-refractivity contribution in [2.24, 2.45) is 0 Å². The maximum absolute atomic E-state index is 12.8. The zero-order valence-electron chi connectivity index (χ0n) is 15.1. The number of carbonyl (C=O) groups is 2. The molecule has 138 valence electrons. The quantitative estimate of drug-likeness (QED) is 0.750. The van der Waals surface area contributed by atoms with Gasteiger partial charge in [0, 0.05) is 6.54 Å². The number of hydrogen-bond donors (Lipinski definition) is 1. The monoisotopic (exact) mass is 379 g/mol. The topological polar surface area (TPSA) is 62.3 Å². The summed E-state index contributed by atoms with van der Waals surface area (Å²) in [7, 11) is 0. The van der Waals surface area contributed by atoms with Gasteiger partial charge >= 0.3 is 0 Å². The van der Waals surface area contributed by atoms with Crippen LogP contribution in [0.1, 0.15) is 24.0 Å². The molecule has 0 radical (unpaired) electrons. The van der Waals surface area contributed by atoms with E-state index in [0.717, 1.165) is 27.8 Å². The SMILES string of the molecule is Cc1cccc(CC(=O)N2CCCC2C(=O)Nc2nc3ccccc3s2)c1. The van der Waals surface area contributed by atoms with Gasteiger partial charge in [-0.15, -0.1) is 0 Å². The third kappa shape index (κ3) is 3.85. The Hall–Kier alpha value is -2.73. The number of carbonyl (C=O) groups excluding carboxylic acids is 2. The normalized spacial score (nSPS) is 16.6. The molecular weight excluding hydrogens is 358 g/mol. The molecule has 1 saturated heterocycles. The zero-order valence-corrected chi connectivity index (χ0v) is 16.0. The van der Waals surface area contributed by atoms with E-state index in [1.807, 2.05) is 55.5 Å². The Balaban J connectivity index is 1.45. The predicted octanol–water partition coefficient (Wildman–Crippen LogP) is 3.78. The second-order valence-electron chi connectivity index (χ2n) is 6.89. The minimum absolute atomic E-state index is 0.00236. The number of nitrogens with zero attached hydrogens (tertiary/aromatic N) is 2. The lowest BCUT2D eigenvalue weighted by Gasteiger charge is -2.23. The van der Waals surface area contributed by atoms with Gasteiger partial charge in [-0.25, -0.2) is 4.98 Å². The lowest BCUT2D eigenvalue weighted by molar-refractivity contribution is -0.136. The van der Waals surface area contributed by atoms with Gasteiger partial charge in [0.2, 0.25) is 11.8 Å². The zero-order chi connectivity index (χ0) is 18.8. The number of para-hydroxylation sites is 1. The summed E-state index contributed by atoms with van der Waals surface area (Å²) in [4.78, 5) is 31.7. The molecule has 27 heavy (non-hydrogen) atoms. The Morgan fingerprint density at radius 3 is 2.89 bits per heavy atom. The second kappa shape index (κ2) is 7.48. The van der Waals surface area contributed by atoms with Crippen LogP contribution in [-0.4, -0.2) is 34.3 Å². The molecule has 1 fully saturated rings. The van der Waals surface area contributed by atoms with Gasteiger partial charge in [0.05, 0.1) is 16.6 Å². The number of anilines is 1. The van der Waals surface area contributed by atoms with Crippen LogP contribution in [0, 0.1) is 6.92 Å². The number of amides is 2. The largest absolute Gasteiger partial charge is 0.330 e. The number of fused-ring (bicyclic) bond motifs is 1. The summed E-state index contributed by atoms with van der Waals surface area (Å²) in [6.07, 6.45) is 1.86. The molecular formula is C21H21N3O2S. The van der Waals surface area contributed by atoms with Gasteiger partial charge in [-0.1, -0.05) is 53.3 Å². The van der Waals surface area contributed by atoms with Crippen LogP contribution in [0.4, 0.5) is 5.13 Å². The molecule has 0 saturated carbocycles. The second-order valence-corrected chi connectivity index (χ2v) is 7.92. The Labute approximate surface area is 162 Å². The summed E-state index contributed by atoms with van der Waals surface area (Å²) in [6.45, 7) is 2.64. The van der Waals surface area contributed by atoms with E-state index >= 15 is 0 Å². The molecule has 1 N–H and O–H groups in total. The van der Waals surface area contributed by atoms with Crippen LogP contribution >= 0.6 is 11.3 Å². The van der Waals surface area contributed by atoms with Crippen LogP contribution in [-0.2, 0) is 16.0 Å². The fourth-order valence-corrected chi connectivity index (χ4v) is 4.42. The number of aryl methyl sites for hydroxylation is 1. The summed E-state index contributed by atoms with van der Waals surface area (Å²) >= 11 is 1.45. The molecule has 4 rings (SSSR count). The van der Waals surface area contributed by atoms with Crippen LogP contribution < -0.4 is 5.32 Å². The first-order valence-electron chi connectivity index (χ1n) is 9.11. The van der Waals surface area contributed by atoms with Gasteiger partial charge in [-0.3, -0.25) is 9.59 Å². The first kappa shape index (κ1) is 17.7. The number of benzene rings is 2. The molecule has 2 amide bonds. The fraction of sp³-hybridized carbons (Fsp3) is 0.286. The van der Waals surface area contributed by atoms with Gasteiger partial charge in [0.15, 0.2) is 5.13 Å². The van der Waals surface area contributed by atoms with E-state index in [1.165, 1.54) is 11.3 Å². The molecule has 3 aromatic rings. The molecule has 0 spiro atoms. The smallest absolute Gasteiger partial charge is 0.248 e. The first-order chi connectivity index (χ1) is 13.1. The average molecular weight is 379 g/mol. The van der Waals surface area contributed by atoms with Crippen molar-refractivity contribution in [3.63, 3.8) is 0 Å². The standard InChI is InChI=1S/C21H21N3O2S/c1-14-6-4-7-15(12-14)13-19(25)24-11-5-9-17(24)20(26)23-21-22-16-8-2-3-10-18(16)27-21/h2-4,6-8,10,12,17H,5,9,11,13H2,1H3,(H,22,23,26). The van der Waals surface area contributed by atoms with Gasteiger partial charge < -0.3 is 10.2 Å². The van der Waals surface area contributed by atoms with Crippen molar-refractivity contribution in [2.75, 3.05) is 11.9 Å². The number of likely N-dealkylation sites (tertiary alicyclic amines) is 1. The highest BCUT2D eigenvalue weighted by Crippen LogP contribution is 2.27. The maximum atomic E-state index is 12.8. The van der Waals surface area contributed by atoms with Crippen LogP contribution in [0.2, 0.25) is 0 Å². The van der Waals surface area contributed by atoms with Gasteiger partial charge in [-0.05, 0) is 37.5 Å². The highest BCUT2D eigenvalue weighted by atomic mass is 32.1. The molecule has 1 aliphatic rings. The van der Waals surface area contributed by atoms with Crippen LogP contribution in [0.5, 0.6) is 0 Å². The summed E-state index contributed by atoms with van der Waals surface area (Å²) in [5, 5.41) is 3.49. The van der Waals surface area contributed by atoms with Crippen molar-refractivity contribution in [3.8, 4) is 0 Å². The van der Waals surface area contributed by atoms with E-state index in [1.54, 1.807) is 4.90 Å². The van der Waals surface area contributed by atoms with Crippen molar-refractivity contribution in [1.82, 2.24) is 9.88 Å². The molecule has 0 aliphatic carbocycles. The molecule has 1 aromatic heterocycles. The van der Waals surface area contributed by atoms with Crippen LogP contribution in [0.25, 0.3) is 10.2 Å². The van der Waals surface area contributed by atoms with E-state index in [9.17, 15) is 9.59 Å². The van der Waals surface area contributed by atoms with Crippen molar-refractivity contribution in [3.05, 3.63) is 59.7 Å². The van der Waals surface area contributed by atoms with Gasteiger partial charge in [0.25, 0.3) is 0 Å². The highest BCUT2D eigenvalue weighted by molar-refractivity contribution is 7.22. The molecule has 1 unspecified atom stereocenters. The minimum atomic E-state index is -0.422.